The summed E-state index contributed by atoms with van der Waals surface area (Å²) in [5.74, 6) is -0.0103. The van der Waals surface area contributed by atoms with Gasteiger partial charge in [-0.2, -0.15) is 0 Å². The lowest BCUT2D eigenvalue weighted by atomic mass is 10.0. The van der Waals surface area contributed by atoms with Gasteiger partial charge in [-0.15, -0.1) is 11.3 Å². The highest BCUT2D eigenvalue weighted by Crippen LogP contribution is 2.42. The van der Waals surface area contributed by atoms with Gasteiger partial charge in [0, 0.05) is 22.5 Å². The van der Waals surface area contributed by atoms with E-state index in [9.17, 15) is 9.90 Å². The summed E-state index contributed by atoms with van der Waals surface area (Å²) >= 11 is 1.53. The molecule has 3 aromatic rings. The van der Waals surface area contributed by atoms with Crippen LogP contribution in [0.3, 0.4) is 0 Å². The number of hydrogen-bond acceptors (Lipinski definition) is 4. The van der Waals surface area contributed by atoms with Gasteiger partial charge in [0.05, 0.1) is 17.9 Å². The van der Waals surface area contributed by atoms with Crippen molar-refractivity contribution in [3.63, 3.8) is 0 Å². The number of hydrogen-bond donors (Lipinski definition) is 1. The minimum absolute atomic E-state index is 0.0103. The van der Waals surface area contributed by atoms with Gasteiger partial charge in [-0.05, 0) is 36.4 Å². The predicted molar refractivity (Wildman–Crippen MR) is 101 cm³/mol. The van der Waals surface area contributed by atoms with Crippen LogP contribution < -0.4 is 9.80 Å². The number of benzene rings is 2. The molecule has 1 aromatic heterocycles. The summed E-state index contributed by atoms with van der Waals surface area (Å²) in [6.45, 7) is 0.0109. The maximum atomic E-state index is 13.3. The minimum Gasteiger partial charge on any atom is -0.391 e. The molecule has 2 aromatic carbocycles. The number of rotatable bonds is 3. The second kappa shape index (κ2) is 6.35. The van der Waals surface area contributed by atoms with E-state index in [2.05, 4.69) is 4.90 Å². The number of carbonyl (C=O) groups is 1. The fourth-order valence-electron chi connectivity index (χ4n) is 3.29. The molecule has 126 valence electrons. The first-order valence-corrected chi connectivity index (χ1v) is 8.92. The molecule has 2 heterocycles. The monoisotopic (exact) mass is 350 g/mol. The third-order valence-corrected chi connectivity index (χ3v) is 5.58. The molecule has 0 saturated carbocycles. The van der Waals surface area contributed by atoms with Crippen molar-refractivity contribution < 1.29 is 9.90 Å². The second-order valence-corrected chi connectivity index (χ2v) is 7.17. The number of nitrogens with zero attached hydrogens (tertiary/aromatic N) is 2. The van der Waals surface area contributed by atoms with E-state index in [-0.39, 0.29) is 18.7 Å². The Morgan fingerprint density at radius 1 is 1.00 bits per heavy atom. The summed E-state index contributed by atoms with van der Waals surface area (Å²) < 4.78 is 0. The van der Waals surface area contributed by atoms with Gasteiger partial charge in [-0.3, -0.25) is 9.69 Å². The minimum atomic E-state index is -0.241. The average molecular weight is 350 g/mol. The van der Waals surface area contributed by atoms with Crippen LogP contribution in [0.5, 0.6) is 0 Å². The molecule has 1 atom stereocenters. The highest BCUT2D eigenvalue weighted by Gasteiger charge is 2.38. The van der Waals surface area contributed by atoms with Crippen molar-refractivity contribution in [2.24, 2.45) is 0 Å². The molecule has 0 bridgehead atoms. The SMILES string of the molecule is CN1c2ccccc2C(=O)N(c2ccccc2)C1c1ccc(CO)s1. The third kappa shape index (κ3) is 2.62. The molecular weight excluding hydrogens is 332 g/mol. The molecule has 1 amide bonds. The van der Waals surface area contributed by atoms with Gasteiger partial charge in [0.2, 0.25) is 0 Å². The van der Waals surface area contributed by atoms with E-state index in [1.165, 1.54) is 11.3 Å². The van der Waals surface area contributed by atoms with E-state index in [0.29, 0.717) is 5.56 Å². The molecule has 0 radical (unpaired) electrons. The van der Waals surface area contributed by atoms with Crippen molar-refractivity contribution in [1.29, 1.82) is 0 Å². The molecule has 25 heavy (non-hydrogen) atoms. The number of para-hydroxylation sites is 2. The molecule has 0 saturated heterocycles. The number of fused-ring (bicyclic) bond motifs is 1. The van der Waals surface area contributed by atoms with Crippen LogP contribution in [0.4, 0.5) is 11.4 Å². The highest BCUT2D eigenvalue weighted by molar-refractivity contribution is 7.12. The van der Waals surface area contributed by atoms with E-state index in [1.807, 2.05) is 78.7 Å². The van der Waals surface area contributed by atoms with Gasteiger partial charge >= 0.3 is 0 Å². The Bertz CT molecular complexity index is 907. The lowest BCUT2D eigenvalue weighted by Crippen LogP contribution is -2.47. The van der Waals surface area contributed by atoms with Crippen LogP contribution in [0, 0.1) is 0 Å². The molecule has 5 heteroatoms. The number of thiophene rings is 1. The van der Waals surface area contributed by atoms with Gasteiger partial charge in [0.1, 0.15) is 6.17 Å². The first-order chi connectivity index (χ1) is 12.2. The molecule has 0 spiro atoms. The summed E-state index contributed by atoms with van der Waals surface area (Å²) in [6.07, 6.45) is -0.241. The van der Waals surface area contributed by atoms with Crippen LogP contribution in [0.2, 0.25) is 0 Å². The topological polar surface area (TPSA) is 43.8 Å². The Morgan fingerprint density at radius 2 is 1.72 bits per heavy atom. The predicted octanol–water partition coefficient (Wildman–Crippen LogP) is 4.04. The van der Waals surface area contributed by atoms with Crippen molar-refractivity contribution in [3.8, 4) is 0 Å². The summed E-state index contributed by atoms with van der Waals surface area (Å²) in [7, 11) is 2.00. The van der Waals surface area contributed by atoms with E-state index >= 15 is 0 Å². The molecule has 4 rings (SSSR count). The average Bonchev–Trinajstić information content (AvgIpc) is 3.14. The van der Waals surface area contributed by atoms with Gasteiger partial charge in [0.15, 0.2) is 0 Å². The number of aliphatic hydroxyl groups excluding tert-OH is 1. The molecule has 0 fully saturated rings. The summed E-state index contributed by atoms with van der Waals surface area (Å²) in [4.78, 5) is 19.1. The zero-order chi connectivity index (χ0) is 17.4. The lowest BCUT2D eigenvalue weighted by Gasteiger charge is -2.43. The van der Waals surface area contributed by atoms with Gasteiger partial charge in [0.25, 0.3) is 5.91 Å². The third-order valence-electron chi connectivity index (χ3n) is 4.47. The fraction of sp³-hybridized carbons (Fsp3) is 0.150. The van der Waals surface area contributed by atoms with Crippen molar-refractivity contribution in [3.05, 3.63) is 82.0 Å². The zero-order valence-electron chi connectivity index (χ0n) is 13.8. The maximum absolute atomic E-state index is 13.3. The second-order valence-electron chi connectivity index (χ2n) is 5.97. The Balaban J connectivity index is 1.90. The standard InChI is InChI=1S/C20H18N2O2S/c1-21-17-10-6-5-9-16(17)20(24)22(14-7-3-2-4-8-14)19(21)18-12-11-15(13-23)25-18/h2-12,19,23H,13H2,1H3. The van der Waals surface area contributed by atoms with Crippen LogP contribution in [0.1, 0.15) is 26.3 Å². The summed E-state index contributed by atoms with van der Waals surface area (Å²) in [6, 6.07) is 21.3. The molecule has 4 nitrogen and oxygen atoms in total. The smallest absolute Gasteiger partial charge is 0.262 e. The maximum Gasteiger partial charge on any atom is 0.262 e. The van der Waals surface area contributed by atoms with Crippen molar-refractivity contribution in [1.82, 2.24) is 0 Å². The number of amides is 1. The Hall–Kier alpha value is -2.63. The molecular formula is C20H18N2O2S. The lowest BCUT2D eigenvalue weighted by molar-refractivity contribution is 0.0970. The van der Waals surface area contributed by atoms with E-state index < -0.39 is 0 Å². The number of aliphatic hydroxyl groups is 1. The van der Waals surface area contributed by atoms with Gasteiger partial charge in [-0.25, -0.2) is 0 Å². The van der Waals surface area contributed by atoms with Crippen molar-refractivity contribution in [2.75, 3.05) is 16.8 Å². The zero-order valence-corrected chi connectivity index (χ0v) is 14.6. The fourth-order valence-corrected chi connectivity index (χ4v) is 4.30. The van der Waals surface area contributed by atoms with Crippen molar-refractivity contribution >= 4 is 28.6 Å². The van der Waals surface area contributed by atoms with Crippen LogP contribution >= 0.6 is 11.3 Å². The molecule has 1 aliphatic rings. The first kappa shape index (κ1) is 15.9. The summed E-state index contributed by atoms with van der Waals surface area (Å²) in [5, 5.41) is 9.42. The normalized spacial score (nSPS) is 16.9. The number of anilines is 2. The van der Waals surface area contributed by atoms with Gasteiger partial charge < -0.3 is 10.0 Å². The van der Waals surface area contributed by atoms with E-state index in [1.54, 1.807) is 0 Å². The first-order valence-electron chi connectivity index (χ1n) is 8.10. The van der Waals surface area contributed by atoms with Crippen molar-refractivity contribution in [2.45, 2.75) is 12.8 Å². The number of carbonyl (C=O) groups excluding carboxylic acids is 1. The largest absolute Gasteiger partial charge is 0.391 e. The molecule has 1 N–H and O–H groups in total. The van der Waals surface area contributed by atoms with Crippen LogP contribution in [-0.2, 0) is 6.61 Å². The quantitative estimate of drug-likeness (QED) is 0.775. The van der Waals surface area contributed by atoms with Gasteiger partial charge in [-0.1, -0.05) is 30.3 Å². The molecule has 0 aliphatic carbocycles. The Labute approximate surface area is 150 Å². The molecule has 1 unspecified atom stereocenters. The van der Waals surface area contributed by atoms with Crippen LogP contribution in [0.15, 0.2) is 66.7 Å². The Kier molecular flexibility index (Phi) is 4.03. The van der Waals surface area contributed by atoms with E-state index in [4.69, 9.17) is 0 Å². The summed E-state index contributed by atoms with van der Waals surface area (Å²) in [5.41, 5.74) is 2.48. The Morgan fingerprint density at radius 3 is 2.44 bits per heavy atom. The molecule has 1 aliphatic heterocycles. The van der Waals surface area contributed by atoms with Crippen LogP contribution in [0.25, 0.3) is 0 Å². The van der Waals surface area contributed by atoms with E-state index in [0.717, 1.165) is 21.1 Å². The van der Waals surface area contributed by atoms with Crippen LogP contribution in [-0.4, -0.2) is 18.1 Å². The highest BCUT2D eigenvalue weighted by atomic mass is 32.1.